The normalized spacial score (nSPS) is 12.5. The quantitative estimate of drug-likeness (QED) is 0.0998. The maximum atomic E-state index is 5.67. The number of methoxy groups -OCH3 is 2. The fourth-order valence-electron chi connectivity index (χ4n) is 2.88. The first-order valence-corrected chi connectivity index (χ1v) is 13.5. The molecule has 0 saturated heterocycles. The summed E-state index contributed by atoms with van der Waals surface area (Å²) in [6.07, 6.45) is 17.1. The van der Waals surface area contributed by atoms with Crippen LogP contribution in [0.5, 0.6) is 0 Å². The molecule has 1 aromatic carbocycles. The molecule has 0 heterocycles. The van der Waals surface area contributed by atoms with Gasteiger partial charge in [-0.25, -0.2) is 0 Å². The summed E-state index contributed by atoms with van der Waals surface area (Å²) >= 11 is 0. The van der Waals surface area contributed by atoms with E-state index in [0.29, 0.717) is 6.10 Å². The third-order valence-electron chi connectivity index (χ3n) is 6.60. The van der Waals surface area contributed by atoms with Crippen LogP contribution in [0.2, 0.25) is 0 Å². The lowest BCUT2D eigenvalue weighted by molar-refractivity contribution is -0.147. The first kappa shape index (κ1) is 37.7. The molecule has 38 heavy (non-hydrogen) atoms. The largest absolute Gasteiger partial charge is 0.378 e. The van der Waals surface area contributed by atoms with Crippen molar-refractivity contribution in [2.24, 2.45) is 4.99 Å². The van der Waals surface area contributed by atoms with E-state index in [9.17, 15) is 0 Å². The predicted molar refractivity (Wildman–Crippen MR) is 167 cm³/mol. The molecule has 214 valence electrons. The van der Waals surface area contributed by atoms with E-state index in [1.54, 1.807) is 21.3 Å². The topological polar surface area (TPSA) is 40.0 Å². The van der Waals surface area contributed by atoms with Gasteiger partial charge in [-0.2, -0.15) is 0 Å². The Kier molecular flexibility index (Phi) is 22.3. The van der Waals surface area contributed by atoms with E-state index in [-0.39, 0.29) is 11.2 Å². The van der Waals surface area contributed by atoms with E-state index in [1.807, 2.05) is 70.3 Å². The molecule has 0 N–H and O–H groups in total. The van der Waals surface area contributed by atoms with E-state index in [0.717, 1.165) is 45.1 Å². The molecule has 1 aromatic rings. The molecule has 0 aliphatic heterocycles. The van der Waals surface area contributed by atoms with Gasteiger partial charge in [-0.05, 0) is 77.9 Å². The van der Waals surface area contributed by atoms with E-state index in [1.165, 1.54) is 16.7 Å². The predicted octanol–water partition coefficient (Wildman–Crippen LogP) is 8.43. The second-order valence-corrected chi connectivity index (χ2v) is 10.1. The Labute approximate surface area is 235 Å². The van der Waals surface area contributed by atoms with Crippen LogP contribution in [-0.4, -0.2) is 51.4 Å². The number of rotatable bonds is 15. The van der Waals surface area contributed by atoms with Crippen LogP contribution in [0.15, 0.2) is 71.8 Å². The Morgan fingerprint density at radius 2 is 1.68 bits per heavy atom. The highest BCUT2D eigenvalue weighted by molar-refractivity contribution is 5.78. The monoisotopic (exact) mass is 525 g/mol. The van der Waals surface area contributed by atoms with Crippen molar-refractivity contribution < 1.29 is 14.2 Å². The summed E-state index contributed by atoms with van der Waals surface area (Å²) in [4.78, 5) is 4.05. The van der Waals surface area contributed by atoms with Crippen LogP contribution in [0.3, 0.4) is 0 Å². The van der Waals surface area contributed by atoms with Crippen molar-refractivity contribution in [3.63, 3.8) is 0 Å². The lowest BCUT2D eigenvalue weighted by Gasteiger charge is -2.38. The zero-order valence-corrected chi connectivity index (χ0v) is 25.8. The van der Waals surface area contributed by atoms with Crippen molar-refractivity contribution in [1.82, 2.24) is 0 Å². The van der Waals surface area contributed by atoms with Gasteiger partial charge in [0.25, 0.3) is 0 Å². The average molecular weight is 526 g/mol. The van der Waals surface area contributed by atoms with Crippen LogP contribution in [0.25, 0.3) is 0 Å². The van der Waals surface area contributed by atoms with E-state index < -0.39 is 0 Å². The van der Waals surface area contributed by atoms with Gasteiger partial charge in [-0.15, -0.1) is 18.9 Å². The first-order chi connectivity index (χ1) is 17.9. The SMILES string of the molecule is C#CCc1ccccc1.C=CCCO[C@@H](C)CCC(=C)C/C=C(\C=NC)CC.COC(C)(C)C(C)(C)OC. The number of terminal acetylenes is 1. The number of ether oxygens (including phenoxy) is 3. The summed E-state index contributed by atoms with van der Waals surface area (Å²) in [5, 5.41) is 0. The minimum Gasteiger partial charge on any atom is -0.378 e. The Balaban J connectivity index is 0. The van der Waals surface area contributed by atoms with Crippen molar-refractivity contribution in [2.45, 2.75) is 97.4 Å². The van der Waals surface area contributed by atoms with E-state index in [2.05, 4.69) is 44.0 Å². The molecule has 0 fully saturated rings. The molecule has 0 unspecified atom stereocenters. The fourth-order valence-corrected chi connectivity index (χ4v) is 2.88. The summed E-state index contributed by atoms with van der Waals surface area (Å²) in [6.45, 7) is 20.9. The molecular weight excluding hydrogens is 470 g/mol. The lowest BCUT2D eigenvalue weighted by atomic mass is 9.89. The van der Waals surface area contributed by atoms with E-state index in [4.69, 9.17) is 20.6 Å². The third kappa shape index (κ3) is 18.7. The maximum Gasteiger partial charge on any atom is 0.0905 e. The Hall–Kier alpha value is -2.45. The molecule has 0 radical (unpaired) electrons. The Morgan fingerprint density at radius 1 is 1.11 bits per heavy atom. The van der Waals surface area contributed by atoms with E-state index >= 15 is 0 Å². The van der Waals surface area contributed by atoms with Crippen molar-refractivity contribution in [3.8, 4) is 12.3 Å². The average Bonchev–Trinajstić information content (AvgIpc) is 2.91. The fraction of sp³-hybridized carbons (Fsp3) is 0.559. The Bertz CT molecular complexity index is 830. The van der Waals surface area contributed by atoms with Gasteiger partial charge in [-0.1, -0.05) is 61.6 Å². The zero-order chi connectivity index (χ0) is 29.5. The lowest BCUT2D eigenvalue weighted by Crippen LogP contribution is -2.48. The van der Waals surface area contributed by atoms with Gasteiger partial charge < -0.3 is 14.2 Å². The molecule has 4 heteroatoms. The highest BCUT2D eigenvalue weighted by Crippen LogP contribution is 2.27. The highest BCUT2D eigenvalue weighted by atomic mass is 16.5. The summed E-state index contributed by atoms with van der Waals surface area (Å²) in [5.74, 6) is 2.58. The van der Waals surface area contributed by atoms with Crippen molar-refractivity contribution in [1.29, 1.82) is 0 Å². The van der Waals surface area contributed by atoms with Crippen molar-refractivity contribution in [3.05, 3.63) is 72.4 Å². The molecule has 0 aromatic heterocycles. The van der Waals surface area contributed by atoms with Crippen LogP contribution >= 0.6 is 0 Å². The molecule has 0 spiro atoms. The molecule has 0 bridgehead atoms. The second-order valence-electron chi connectivity index (χ2n) is 10.1. The van der Waals surface area contributed by atoms with Gasteiger partial charge >= 0.3 is 0 Å². The van der Waals surface area contributed by atoms with Crippen LogP contribution < -0.4 is 0 Å². The van der Waals surface area contributed by atoms with Gasteiger partial charge in [0.2, 0.25) is 0 Å². The number of benzene rings is 1. The molecule has 4 nitrogen and oxygen atoms in total. The van der Waals surface area contributed by atoms with Crippen molar-refractivity contribution >= 4 is 6.21 Å². The summed E-state index contributed by atoms with van der Waals surface area (Å²) in [7, 11) is 5.20. The number of aliphatic imine (C=N–C) groups is 1. The minimum absolute atomic E-state index is 0.234. The number of nitrogens with zero attached hydrogens (tertiary/aromatic N) is 1. The van der Waals surface area contributed by atoms with Crippen LogP contribution in [0.1, 0.15) is 79.2 Å². The van der Waals surface area contributed by atoms with Crippen LogP contribution in [-0.2, 0) is 20.6 Å². The molecule has 1 rings (SSSR count). The van der Waals surface area contributed by atoms with Gasteiger partial charge in [0.1, 0.15) is 0 Å². The highest BCUT2D eigenvalue weighted by Gasteiger charge is 2.36. The van der Waals surface area contributed by atoms with Gasteiger partial charge in [0.15, 0.2) is 0 Å². The molecule has 0 amide bonds. The van der Waals surface area contributed by atoms with Gasteiger partial charge in [0.05, 0.1) is 23.9 Å². The number of hydrogen-bond donors (Lipinski definition) is 0. The second kappa shape index (κ2) is 22.5. The minimum atomic E-state index is -0.234. The molecule has 1 atom stereocenters. The number of hydrogen-bond acceptors (Lipinski definition) is 4. The molecule has 0 saturated carbocycles. The summed E-state index contributed by atoms with van der Waals surface area (Å²) in [6, 6.07) is 10.0. The molecular formula is C34H55NO3. The molecule has 0 aliphatic carbocycles. The maximum absolute atomic E-state index is 5.67. The number of allylic oxidation sites excluding steroid dienone is 3. The molecule has 0 aliphatic rings. The first-order valence-electron chi connectivity index (χ1n) is 13.5. The van der Waals surface area contributed by atoms with Crippen molar-refractivity contribution in [2.75, 3.05) is 27.9 Å². The summed E-state index contributed by atoms with van der Waals surface area (Å²) < 4.78 is 16.2. The van der Waals surface area contributed by atoms with Gasteiger partial charge in [0, 0.05) is 33.9 Å². The summed E-state index contributed by atoms with van der Waals surface area (Å²) in [5.41, 5.74) is 3.28. The Morgan fingerprint density at radius 3 is 2.13 bits per heavy atom. The van der Waals surface area contributed by atoms with Crippen LogP contribution in [0.4, 0.5) is 0 Å². The zero-order valence-electron chi connectivity index (χ0n) is 25.8. The standard InChI is InChI=1S/C17H29NO.C9H8.C8H18O2/c1-6-8-13-19-16(4)11-9-15(3)10-12-17(7-2)14-18-5;1-2-6-9-7-4-3-5-8-9;1-7(2,9-5)8(3,4)10-6/h6,12,14,16H,1,3,7-11,13H2,2,4-5H3;1,3-5,7-8H,6H2;1-6H3/b17-12-,18-14?;;/t16-;;/m0../s1. The van der Waals surface area contributed by atoms with Gasteiger partial charge in [-0.3, -0.25) is 4.99 Å². The smallest absolute Gasteiger partial charge is 0.0905 e. The van der Waals surface area contributed by atoms with Crippen LogP contribution in [0, 0.1) is 12.3 Å². The third-order valence-corrected chi connectivity index (χ3v) is 6.60.